The molecule has 0 saturated carbocycles. The minimum atomic E-state index is -0.225. The van der Waals surface area contributed by atoms with Crippen molar-refractivity contribution in [1.29, 1.82) is 0 Å². The molecule has 3 aromatic carbocycles. The van der Waals surface area contributed by atoms with Gasteiger partial charge < -0.3 is 24.3 Å². The summed E-state index contributed by atoms with van der Waals surface area (Å²) in [4.78, 5) is 6.77. The van der Waals surface area contributed by atoms with Gasteiger partial charge in [-0.1, -0.05) is 29.3 Å². The molecular weight excluding hydrogens is 563 g/mol. The summed E-state index contributed by atoms with van der Waals surface area (Å²) in [6.45, 7) is 0. The van der Waals surface area contributed by atoms with Gasteiger partial charge in [-0.25, -0.2) is 0 Å². The minimum absolute atomic E-state index is 0.205. The molecular formula is C31H24Cl2N4O2S. The summed E-state index contributed by atoms with van der Waals surface area (Å²) in [5.74, 6) is 2.20. The molecule has 5 aromatic rings. The lowest BCUT2D eigenvalue weighted by molar-refractivity contribution is 0.413. The number of rotatable bonds is 7. The molecule has 1 N–H and O–H groups in total. The number of pyridine rings is 1. The van der Waals surface area contributed by atoms with Crippen LogP contribution in [0, 0.1) is 0 Å². The van der Waals surface area contributed by atoms with Crippen molar-refractivity contribution in [3.05, 3.63) is 131 Å². The summed E-state index contributed by atoms with van der Waals surface area (Å²) in [7, 11) is 1.64. The Labute approximate surface area is 247 Å². The third-order valence-corrected chi connectivity index (χ3v) is 7.61. The average Bonchev–Trinajstić information content (AvgIpc) is 3.58. The van der Waals surface area contributed by atoms with Crippen LogP contribution in [0.2, 0.25) is 10.0 Å². The van der Waals surface area contributed by atoms with E-state index in [0.29, 0.717) is 20.9 Å². The molecule has 1 fully saturated rings. The molecule has 6 rings (SSSR count). The van der Waals surface area contributed by atoms with Crippen molar-refractivity contribution in [2.45, 2.75) is 12.1 Å². The monoisotopic (exact) mass is 586 g/mol. The Morgan fingerprint density at radius 3 is 2.25 bits per heavy atom. The van der Waals surface area contributed by atoms with Crippen LogP contribution in [0.1, 0.15) is 23.5 Å². The second-order valence-electron chi connectivity index (χ2n) is 9.17. The number of halogens is 2. The lowest BCUT2D eigenvalue weighted by atomic mass is 10.0. The van der Waals surface area contributed by atoms with E-state index in [1.54, 1.807) is 19.4 Å². The highest BCUT2D eigenvalue weighted by atomic mass is 35.5. The molecule has 2 aromatic heterocycles. The van der Waals surface area contributed by atoms with Gasteiger partial charge in [-0.3, -0.25) is 4.98 Å². The number of hydrogen-bond acceptors (Lipinski definition) is 4. The maximum absolute atomic E-state index is 6.64. The molecule has 1 aliphatic rings. The Morgan fingerprint density at radius 1 is 0.850 bits per heavy atom. The van der Waals surface area contributed by atoms with Gasteiger partial charge >= 0.3 is 0 Å². The molecule has 0 spiro atoms. The number of ether oxygens (including phenoxy) is 2. The summed E-state index contributed by atoms with van der Waals surface area (Å²) in [6.07, 6.45) is 3.78. The molecule has 3 heterocycles. The number of anilines is 1. The third-order valence-electron chi connectivity index (χ3n) is 6.76. The van der Waals surface area contributed by atoms with Crippen molar-refractivity contribution in [2.24, 2.45) is 0 Å². The Hall–Kier alpha value is -4.04. The minimum Gasteiger partial charge on any atom is -0.497 e. The smallest absolute Gasteiger partial charge is 0.174 e. The summed E-state index contributed by atoms with van der Waals surface area (Å²) in [5.41, 5.74) is 3.61. The van der Waals surface area contributed by atoms with Gasteiger partial charge in [0.1, 0.15) is 23.3 Å². The SMILES string of the molecule is COc1ccc(Oc2ccc(N3C(=S)N[C@H](c4ccccn4)[C@@H]3c3cccn3-c3ccc(Cl)cc3Cl)cc2)cc1. The van der Waals surface area contributed by atoms with E-state index >= 15 is 0 Å². The Balaban J connectivity index is 1.38. The topological polar surface area (TPSA) is 51.6 Å². The fourth-order valence-electron chi connectivity index (χ4n) is 4.92. The van der Waals surface area contributed by atoms with Crippen LogP contribution in [-0.4, -0.2) is 21.8 Å². The van der Waals surface area contributed by atoms with E-state index in [2.05, 4.69) is 25.8 Å². The number of nitrogens with one attached hydrogen (secondary N) is 1. The molecule has 6 nitrogen and oxygen atoms in total. The van der Waals surface area contributed by atoms with Crippen LogP contribution in [0.5, 0.6) is 17.2 Å². The normalized spacial score (nSPS) is 16.6. The predicted molar refractivity (Wildman–Crippen MR) is 163 cm³/mol. The number of methoxy groups -OCH3 is 1. The van der Waals surface area contributed by atoms with Crippen LogP contribution >= 0.6 is 35.4 Å². The maximum Gasteiger partial charge on any atom is 0.174 e. The van der Waals surface area contributed by atoms with Crippen molar-refractivity contribution in [1.82, 2.24) is 14.9 Å². The fourth-order valence-corrected chi connectivity index (χ4v) is 5.76. The lowest BCUT2D eigenvalue weighted by Crippen LogP contribution is -2.30. The quantitative estimate of drug-likeness (QED) is 0.194. The van der Waals surface area contributed by atoms with Gasteiger partial charge in [-0.2, -0.15) is 0 Å². The lowest BCUT2D eigenvalue weighted by Gasteiger charge is -2.29. The Bertz CT molecular complexity index is 1640. The van der Waals surface area contributed by atoms with E-state index in [-0.39, 0.29) is 12.1 Å². The van der Waals surface area contributed by atoms with Crippen LogP contribution in [0.4, 0.5) is 5.69 Å². The molecule has 2 atom stereocenters. The van der Waals surface area contributed by atoms with Gasteiger partial charge in [0.2, 0.25) is 0 Å². The molecule has 200 valence electrons. The van der Waals surface area contributed by atoms with Crippen molar-refractivity contribution in [3.63, 3.8) is 0 Å². The second kappa shape index (κ2) is 11.2. The second-order valence-corrected chi connectivity index (χ2v) is 10.4. The number of benzene rings is 3. The summed E-state index contributed by atoms with van der Waals surface area (Å²) in [6, 6.07) is 30.4. The molecule has 0 bridgehead atoms. The predicted octanol–water partition coefficient (Wildman–Crippen LogP) is 8.16. The highest BCUT2D eigenvalue weighted by Crippen LogP contribution is 2.43. The van der Waals surface area contributed by atoms with E-state index in [4.69, 9.17) is 44.9 Å². The average molecular weight is 588 g/mol. The number of nitrogens with zero attached hydrogens (tertiary/aromatic N) is 3. The van der Waals surface area contributed by atoms with E-state index in [1.165, 1.54) is 0 Å². The molecule has 0 unspecified atom stereocenters. The largest absolute Gasteiger partial charge is 0.497 e. The van der Waals surface area contributed by atoms with Crippen molar-refractivity contribution < 1.29 is 9.47 Å². The van der Waals surface area contributed by atoms with E-state index in [0.717, 1.165) is 34.3 Å². The van der Waals surface area contributed by atoms with Crippen molar-refractivity contribution in [2.75, 3.05) is 12.0 Å². The van der Waals surface area contributed by atoms with Crippen LogP contribution in [0.15, 0.2) is 109 Å². The zero-order chi connectivity index (χ0) is 27.6. The van der Waals surface area contributed by atoms with E-state index in [9.17, 15) is 0 Å². The Morgan fingerprint density at radius 2 is 1.57 bits per heavy atom. The van der Waals surface area contributed by atoms with Crippen LogP contribution in [0.3, 0.4) is 0 Å². The van der Waals surface area contributed by atoms with Gasteiger partial charge in [0.05, 0.1) is 29.6 Å². The van der Waals surface area contributed by atoms with Crippen LogP contribution < -0.4 is 19.7 Å². The number of thiocarbonyl (C=S) groups is 1. The first-order valence-electron chi connectivity index (χ1n) is 12.6. The zero-order valence-corrected chi connectivity index (χ0v) is 23.7. The fraction of sp³-hybridized carbons (Fsp3) is 0.0968. The van der Waals surface area contributed by atoms with Gasteiger partial charge in [0, 0.05) is 28.8 Å². The third kappa shape index (κ3) is 5.11. The molecule has 0 radical (unpaired) electrons. The zero-order valence-electron chi connectivity index (χ0n) is 21.4. The first-order valence-corrected chi connectivity index (χ1v) is 13.7. The molecule has 40 heavy (non-hydrogen) atoms. The molecule has 0 aliphatic carbocycles. The van der Waals surface area contributed by atoms with Crippen LogP contribution in [0.25, 0.3) is 5.69 Å². The van der Waals surface area contributed by atoms with Crippen LogP contribution in [-0.2, 0) is 0 Å². The highest BCUT2D eigenvalue weighted by molar-refractivity contribution is 7.80. The highest BCUT2D eigenvalue weighted by Gasteiger charge is 2.42. The molecule has 0 amide bonds. The summed E-state index contributed by atoms with van der Waals surface area (Å²) >= 11 is 18.7. The standard InChI is InChI=1S/C31H24Cl2N4O2S/c1-38-22-12-14-24(15-13-22)39-23-10-8-21(9-11-23)37-30(29(35-31(37)40)26-5-2-3-17-34-26)28-6-4-18-36(28)27-16-7-20(32)19-25(27)33/h2-19,29-30H,1H3,(H,35,40)/t29-,30+/m1/s1. The first kappa shape index (κ1) is 26.2. The first-order chi connectivity index (χ1) is 19.5. The van der Waals surface area contributed by atoms with Crippen molar-refractivity contribution >= 4 is 46.2 Å². The van der Waals surface area contributed by atoms with Gasteiger partial charge in [0.15, 0.2) is 5.11 Å². The Kier molecular flexibility index (Phi) is 7.34. The number of aromatic nitrogens is 2. The molecule has 9 heteroatoms. The van der Waals surface area contributed by atoms with Gasteiger partial charge in [-0.15, -0.1) is 0 Å². The summed E-state index contributed by atoms with van der Waals surface area (Å²) < 4.78 is 13.4. The van der Waals surface area contributed by atoms with Gasteiger partial charge in [0.25, 0.3) is 0 Å². The van der Waals surface area contributed by atoms with E-state index in [1.807, 2.05) is 91.1 Å². The number of hydrogen-bond donors (Lipinski definition) is 1. The van der Waals surface area contributed by atoms with Gasteiger partial charge in [-0.05, 0) is 103 Å². The summed E-state index contributed by atoms with van der Waals surface area (Å²) in [5, 5.41) is 5.24. The van der Waals surface area contributed by atoms with Crippen molar-refractivity contribution in [3.8, 4) is 22.9 Å². The molecule has 1 saturated heterocycles. The maximum atomic E-state index is 6.64. The molecule has 1 aliphatic heterocycles. The van der Waals surface area contributed by atoms with E-state index < -0.39 is 0 Å².